The fraction of sp³-hybridized carbons (Fsp3) is 0.800. The minimum atomic E-state index is 0.120. The maximum atomic E-state index is 11.4. The summed E-state index contributed by atoms with van der Waals surface area (Å²) in [5.74, 6) is 0.727. The first-order chi connectivity index (χ1) is 6.63. The zero-order valence-corrected chi connectivity index (χ0v) is 8.99. The molecule has 80 valence electrons. The molecule has 0 spiro atoms. The van der Waals surface area contributed by atoms with Crippen LogP contribution < -0.4 is 5.73 Å². The zero-order chi connectivity index (χ0) is 10.6. The van der Waals surface area contributed by atoms with Crippen LogP contribution in [0.1, 0.15) is 33.1 Å². The highest BCUT2D eigenvalue weighted by atomic mass is 16.2. The van der Waals surface area contributed by atoms with E-state index in [4.69, 9.17) is 5.73 Å². The van der Waals surface area contributed by atoms with E-state index in [2.05, 4.69) is 18.9 Å². The van der Waals surface area contributed by atoms with Crippen LogP contribution in [0.4, 0.5) is 0 Å². The lowest BCUT2D eigenvalue weighted by Crippen LogP contribution is -2.22. The van der Waals surface area contributed by atoms with Crippen molar-refractivity contribution in [2.24, 2.45) is 16.8 Å². The molecular formula is C10H19N3O. The third-order valence-electron chi connectivity index (χ3n) is 2.26. The summed E-state index contributed by atoms with van der Waals surface area (Å²) in [5, 5.41) is 5.84. The number of hydrogen-bond acceptors (Lipinski definition) is 3. The molecule has 1 rings (SSSR count). The van der Waals surface area contributed by atoms with Crippen LogP contribution in [-0.2, 0) is 4.79 Å². The van der Waals surface area contributed by atoms with Gasteiger partial charge in [0.1, 0.15) is 0 Å². The Hall–Kier alpha value is -0.900. The average molecular weight is 197 g/mol. The zero-order valence-electron chi connectivity index (χ0n) is 8.99. The van der Waals surface area contributed by atoms with Gasteiger partial charge in [-0.2, -0.15) is 5.10 Å². The molecule has 0 aromatic carbocycles. The first kappa shape index (κ1) is 11.2. The van der Waals surface area contributed by atoms with Crippen molar-refractivity contribution in [3.63, 3.8) is 0 Å². The normalized spacial score (nSPS) is 16.7. The third kappa shape index (κ3) is 3.10. The van der Waals surface area contributed by atoms with Gasteiger partial charge in [0.05, 0.1) is 6.42 Å². The summed E-state index contributed by atoms with van der Waals surface area (Å²) in [6, 6.07) is 0. The van der Waals surface area contributed by atoms with E-state index in [-0.39, 0.29) is 5.91 Å². The Kier molecular flexibility index (Phi) is 4.07. The van der Waals surface area contributed by atoms with Gasteiger partial charge in [0.2, 0.25) is 5.91 Å². The number of amides is 1. The number of carbonyl (C=O) groups excluding carboxylic acids is 1. The monoisotopic (exact) mass is 197 g/mol. The van der Waals surface area contributed by atoms with Crippen molar-refractivity contribution in [1.29, 1.82) is 0 Å². The highest BCUT2D eigenvalue weighted by Crippen LogP contribution is 2.12. The van der Waals surface area contributed by atoms with E-state index in [0.29, 0.717) is 18.9 Å². The second kappa shape index (κ2) is 5.10. The summed E-state index contributed by atoms with van der Waals surface area (Å²) in [5.41, 5.74) is 6.34. The predicted molar refractivity (Wildman–Crippen MR) is 56.9 cm³/mol. The Morgan fingerprint density at radius 2 is 2.29 bits per heavy atom. The van der Waals surface area contributed by atoms with Crippen LogP contribution in [0, 0.1) is 5.92 Å². The smallest absolute Gasteiger partial charge is 0.248 e. The van der Waals surface area contributed by atoms with Crippen LogP contribution in [-0.4, -0.2) is 29.7 Å². The molecular weight excluding hydrogens is 178 g/mol. The Morgan fingerprint density at radius 1 is 1.57 bits per heavy atom. The van der Waals surface area contributed by atoms with Crippen LogP contribution in [0.2, 0.25) is 0 Å². The highest BCUT2D eigenvalue weighted by molar-refractivity contribution is 6.04. The van der Waals surface area contributed by atoms with Crippen molar-refractivity contribution in [2.45, 2.75) is 33.1 Å². The summed E-state index contributed by atoms with van der Waals surface area (Å²) in [4.78, 5) is 11.4. The van der Waals surface area contributed by atoms with Gasteiger partial charge in [-0.25, -0.2) is 5.01 Å². The SMILES string of the molecule is CC(C)CCN1N=C(CCN)CC1=O. The molecule has 0 saturated carbocycles. The van der Waals surface area contributed by atoms with Gasteiger partial charge in [0, 0.05) is 18.7 Å². The quantitative estimate of drug-likeness (QED) is 0.714. The number of hydrogen-bond donors (Lipinski definition) is 1. The van der Waals surface area contributed by atoms with Gasteiger partial charge in [0.25, 0.3) is 0 Å². The number of nitrogens with two attached hydrogens (primary N) is 1. The standard InChI is InChI=1S/C10H19N3O/c1-8(2)4-6-13-10(14)7-9(12-13)3-5-11/h8H,3-7,11H2,1-2H3. The molecule has 1 aliphatic rings. The van der Waals surface area contributed by atoms with E-state index < -0.39 is 0 Å². The van der Waals surface area contributed by atoms with Crippen molar-refractivity contribution in [1.82, 2.24) is 5.01 Å². The summed E-state index contributed by atoms with van der Waals surface area (Å²) < 4.78 is 0. The molecule has 0 bridgehead atoms. The first-order valence-corrected chi connectivity index (χ1v) is 5.20. The third-order valence-corrected chi connectivity index (χ3v) is 2.26. The van der Waals surface area contributed by atoms with Gasteiger partial charge in [-0.3, -0.25) is 4.79 Å². The van der Waals surface area contributed by atoms with E-state index in [1.54, 1.807) is 5.01 Å². The van der Waals surface area contributed by atoms with Gasteiger partial charge in [0.15, 0.2) is 0 Å². The van der Waals surface area contributed by atoms with E-state index >= 15 is 0 Å². The van der Waals surface area contributed by atoms with Crippen molar-refractivity contribution in [2.75, 3.05) is 13.1 Å². The lowest BCUT2D eigenvalue weighted by Gasteiger charge is -2.12. The Balaban J connectivity index is 2.41. The van der Waals surface area contributed by atoms with Crippen molar-refractivity contribution in [3.05, 3.63) is 0 Å². The molecule has 0 saturated heterocycles. The maximum absolute atomic E-state index is 11.4. The fourth-order valence-corrected chi connectivity index (χ4v) is 1.39. The largest absolute Gasteiger partial charge is 0.330 e. The molecule has 1 aliphatic heterocycles. The number of nitrogens with zero attached hydrogens (tertiary/aromatic N) is 2. The van der Waals surface area contributed by atoms with Crippen LogP contribution in [0.25, 0.3) is 0 Å². The summed E-state index contributed by atoms with van der Waals surface area (Å²) in [7, 11) is 0. The van der Waals surface area contributed by atoms with Gasteiger partial charge in [-0.15, -0.1) is 0 Å². The minimum Gasteiger partial charge on any atom is -0.330 e. The van der Waals surface area contributed by atoms with Gasteiger partial charge >= 0.3 is 0 Å². The van der Waals surface area contributed by atoms with E-state index in [0.717, 1.165) is 25.1 Å². The molecule has 4 nitrogen and oxygen atoms in total. The number of rotatable bonds is 5. The molecule has 1 heterocycles. The molecule has 0 aromatic heterocycles. The van der Waals surface area contributed by atoms with E-state index in [1.807, 2.05) is 0 Å². The summed E-state index contributed by atoms with van der Waals surface area (Å²) in [6.07, 6.45) is 2.21. The van der Waals surface area contributed by atoms with Crippen LogP contribution in [0.5, 0.6) is 0 Å². The fourth-order valence-electron chi connectivity index (χ4n) is 1.39. The molecule has 4 heteroatoms. The number of carbonyl (C=O) groups is 1. The van der Waals surface area contributed by atoms with Gasteiger partial charge in [-0.05, 0) is 18.9 Å². The Bertz CT molecular complexity index is 236. The van der Waals surface area contributed by atoms with Crippen molar-refractivity contribution in [3.8, 4) is 0 Å². The van der Waals surface area contributed by atoms with Crippen LogP contribution >= 0.6 is 0 Å². The Morgan fingerprint density at radius 3 is 2.86 bits per heavy atom. The lowest BCUT2D eigenvalue weighted by molar-refractivity contribution is -0.128. The topological polar surface area (TPSA) is 58.7 Å². The van der Waals surface area contributed by atoms with Gasteiger partial charge in [-0.1, -0.05) is 13.8 Å². The molecule has 0 fully saturated rings. The van der Waals surface area contributed by atoms with Crippen molar-refractivity contribution >= 4 is 11.6 Å². The summed E-state index contributed by atoms with van der Waals surface area (Å²) in [6.45, 7) is 5.60. The molecule has 0 unspecified atom stereocenters. The predicted octanol–water partition coefficient (Wildman–Crippen LogP) is 0.970. The van der Waals surface area contributed by atoms with E-state index in [1.165, 1.54) is 0 Å². The second-order valence-electron chi connectivity index (χ2n) is 4.08. The molecule has 0 atom stereocenters. The lowest BCUT2D eigenvalue weighted by atomic mass is 10.1. The number of hydrazone groups is 1. The maximum Gasteiger partial charge on any atom is 0.248 e. The van der Waals surface area contributed by atoms with Crippen LogP contribution in [0.3, 0.4) is 0 Å². The first-order valence-electron chi connectivity index (χ1n) is 5.20. The highest BCUT2D eigenvalue weighted by Gasteiger charge is 2.22. The van der Waals surface area contributed by atoms with Gasteiger partial charge < -0.3 is 5.73 Å². The molecule has 0 radical (unpaired) electrons. The molecule has 0 aliphatic carbocycles. The molecule has 0 aromatic rings. The van der Waals surface area contributed by atoms with E-state index in [9.17, 15) is 4.79 Å². The molecule has 1 amide bonds. The summed E-state index contributed by atoms with van der Waals surface area (Å²) >= 11 is 0. The molecule has 2 N–H and O–H groups in total. The second-order valence-corrected chi connectivity index (χ2v) is 4.08. The van der Waals surface area contributed by atoms with Crippen LogP contribution in [0.15, 0.2) is 5.10 Å². The average Bonchev–Trinajstić information content (AvgIpc) is 2.44. The van der Waals surface area contributed by atoms with Crippen molar-refractivity contribution < 1.29 is 4.79 Å². The Labute approximate surface area is 85.1 Å². The minimum absolute atomic E-state index is 0.120. The molecule has 14 heavy (non-hydrogen) atoms.